The molecule has 3 rings (SSSR count). The van der Waals surface area contributed by atoms with Gasteiger partial charge in [0.2, 0.25) is 5.91 Å². The van der Waals surface area contributed by atoms with Gasteiger partial charge in [-0.25, -0.2) is 5.43 Å². The van der Waals surface area contributed by atoms with Crippen LogP contribution in [0.5, 0.6) is 5.75 Å². The smallest absolute Gasteiger partial charge is 0.273 e. The molecule has 0 saturated carbocycles. The van der Waals surface area contributed by atoms with E-state index < -0.39 is 10.8 Å². The summed E-state index contributed by atoms with van der Waals surface area (Å²) in [6.45, 7) is 2.08. The molecule has 0 radical (unpaired) electrons. The van der Waals surface area contributed by atoms with E-state index >= 15 is 0 Å². The molecule has 2 aromatic rings. The summed E-state index contributed by atoms with van der Waals surface area (Å²) >= 11 is 0. The number of carbonyl (C=O) groups excluding carboxylic acids is 1. The molecule has 0 aliphatic carbocycles. The number of benzene rings is 2. The fourth-order valence-electron chi connectivity index (χ4n) is 3.38. The minimum atomic E-state index is -0.499. The van der Waals surface area contributed by atoms with Crippen LogP contribution in [0.1, 0.15) is 30.4 Å². The highest BCUT2D eigenvalue weighted by molar-refractivity contribution is 5.86. The molecule has 1 aliphatic rings. The number of nitrogens with zero attached hydrogens (tertiary/aromatic N) is 3. The number of piperidine rings is 1. The zero-order valence-electron chi connectivity index (χ0n) is 16.3. The van der Waals surface area contributed by atoms with Crippen molar-refractivity contribution in [3.63, 3.8) is 0 Å². The number of nitro benzene ring substituents is 1. The third-order valence-corrected chi connectivity index (χ3v) is 4.87. The van der Waals surface area contributed by atoms with Gasteiger partial charge in [-0.1, -0.05) is 18.2 Å². The molecule has 2 aromatic carbocycles. The van der Waals surface area contributed by atoms with Gasteiger partial charge in [0.1, 0.15) is 5.75 Å². The summed E-state index contributed by atoms with van der Waals surface area (Å²) in [5.74, 6) is 0.240. The van der Waals surface area contributed by atoms with Gasteiger partial charge in [0, 0.05) is 42.0 Å². The normalized spacial score (nSPS) is 14.0. The number of hydrogen-bond donors (Lipinski definition) is 1. The van der Waals surface area contributed by atoms with Gasteiger partial charge >= 0.3 is 0 Å². The van der Waals surface area contributed by atoms with Crippen LogP contribution in [0.2, 0.25) is 0 Å². The Morgan fingerprint density at radius 1 is 1.24 bits per heavy atom. The molecule has 1 amide bonds. The van der Waals surface area contributed by atoms with E-state index in [9.17, 15) is 14.9 Å². The zero-order valence-corrected chi connectivity index (χ0v) is 16.3. The van der Waals surface area contributed by atoms with Crippen LogP contribution in [0.4, 0.5) is 11.4 Å². The van der Waals surface area contributed by atoms with Crippen LogP contribution in [0.3, 0.4) is 0 Å². The van der Waals surface area contributed by atoms with Crippen LogP contribution in [-0.2, 0) is 11.2 Å². The number of anilines is 1. The number of hydrogen-bond acceptors (Lipinski definition) is 6. The average molecular weight is 396 g/mol. The summed E-state index contributed by atoms with van der Waals surface area (Å²) in [6.07, 6.45) is 5.04. The summed E-state index contributed by atoms with van der Waals surface area (Å²) in [5, 5.41) is 15.0. The molecular weight excluding hydrogens is 372 g/mol. The Kier molecular flexibility index (Phi) is 6.78. The Balaban J connectivity index is 1.64. The summed E-state index contributed by atoms with van der Waals surface area (Å²) in [7, 11) is 1.60. The molecule has 0 atom stereocenters. The highest BCUT2D eigenvalue weighted by atomic mass is 16.6. The summed E-state index contributed by atoms with van der Waals surface area (Å²) in [4.78, 5) is 25.0. The topological polar surface area (TPSA) is 97.1 Å². The molecule has 0 bridgehead atoms. The van der Waals surface area contributed by atoms with E-state index in [0.717, 1.165) is 24.3 Å². The third kappa shape index (κ3) is 5.31. The Bertz CT molecular complexity index is 907. The molecule has 8 heteroatoms. The van der Waals surface area contributed by atoms with E-state index in [2.05, 4.69) is 15.4 Å². The van der Waals surface area contributed by atoms with E-state index in [4.69, 9.17) is 4.74 Å². The summed E-state index contributed by atoms with van der Waals surface area (Å²) in [5.41, 5.74) is 4.52. The quantitative estimate of drug-likeness (QED) is 0.440. The van der Waals surface area contributed by atoms with Crippen LogP contribution in [0, 0.1) is 10.1 Å². The van der Waals surface area contributed by atoms with Crippen LogP contribution < -0.4 is 15.1 Å². The van der Waals surface area contributed by atoms with Gasteiger partial charge in [-0.15, -0.1) is 0 Å². The van der Waals surface area contributed by atoms with E-state index in [1.807, 2.05) is 18.2 Å². The Hall–Kier alpha value is -3.42. The predicted octanol–water partition coefficient (Wildman–Crippen LogP) is 3.29. The maximum atomic E-state index is 12.1. The minimum absolute atomic E-state index is 0.0819. The number of para-hydroxylation sites is 1. The van der Waals surface area contributed by atoms with Crippen molar-refractivity contribution in [1.29, 1.82) is 0 Å². The van der Waals surface area contributed by atoms with Crippen molar-refractivity contribution < 1.29 is 14.5 Å². The maximum absolute atomic E-state index is 12.1. The lowest BCUT2D eigenvalue weighted by atomic mass is 10.1. The highest BCUT2D eigenvalue weighted by Crippen LogP contribution is 2.27. The first-order chi connectivity index (χ1) is 14.1. The van der Waals surface area contributed by atoms with Gasteiger partial charge in [-0.2, -0.15) is 5.10 Å². The fraction of sp³-hybridized carbons (Fsp3) is 0.333. The lowest BCUT2D eigenvalue weighted by Crippen LogP contribution is -2.29. The van der Waals surface area contributed by atoms with E-state index in [0.29, 0.717) is 11.3 Å². The van der Waals surface area contributed by atoms with Gasteiger partial charge in [-0.3, -0.25) is 14.9 Å². The molecule has 1 N–H and O–H groups in total. The van der Waals surface area contributed by atoms with Gasteiger partial charge < -0.3 is 9.64 Å². The predicted molar refractivity (Wildman–Crippen MR) is 112 cm³/mol. The Labute approximate surface area is 169 Å². The van der Waals surface area contributed by atoms with Crippen molar-refractivity contribution in [3.8, 4) is 5.75 Å². The number of carbonyl (C=O) groups is 1. The molecule has 29 heavy (non-hydrogen) atoms. The van der Waals surface area contributed by atoms with E-state index in [1.54, 1.807) is 25.3 Å². The van der Waals surface area contributed by atoms with Crippen molar-refractivity contribution in [2.75, 3.05) is 25.1 Å². The maximum Gasteiger partial charge on any atom is 0.273 e. The average Bonchev–Trinajstić information content (AvgIpc) is 2.74. The molecule has 1 heterocycles. The van der Waals surface area contributed by atoms with Gasteiger partial charge in [-0.05, 0) is 31.4 Å². The molecule has 8 nitrogen and oxygen atoms in total. The van der Waals surface area contributed by atoms with Crippen LogP contribution >= 0.6 is 0 Å². The number of rotatable bonds is 7. The van der Waals surface area contributed by atoms with Crippen molar-refractivity contribution in [3.05, 3.63) is 63.7 Å². The number of nitrogens with one attached hydrogen (secondary N) is 1. The minimum Gasteiger partial charge on any atom is -0.496 e. The SMILES string of the molecule is COc1cc(N2CCCCC2)ccc1/C=N/NC(=O)Cc1ccccc1[N+](=O)[O-]. The lowest BCUT2D eigenvalue weighted by Gasteiger charge is -2.29. The second-order valence-electron chi connectivity index (χ2n) is 6.83. The van der Waals surface area contributed by atoms with Gasteiger partial charge in [0.05, 0.1) is 24.7 Å². The molecule has 152 valence electrons. The molecule has 1 saturated heterocycles. The van der Waals surface area contributed by atoms with Crippen LogP contribution in [0.15, 0.2) is 47.6 Å². The standard InChI is InChI=1S/C21H24N4O4/c1-29-20-14-18(24-11-5-2-6-12-24)10-9-17(20)15-22-23-21(26)13-16-7-3-4-8-19(16)25(27)28/h3-4,7-10,14-15H,2,5-6,11-13H2,1H3,(H,23,26)/b22-15+. The van der Waals surface area contributed by atoms with Crippen LogP contribution in [-0.4, -0.2) is 37.2 Å². The van der Waals surface area contributed by atoms with Crippen molar-refractivity contribution in [1.82, 2.24) is 5.43 Å². The van der Waals surface area contributed by atoms with Crippen molar-refractivity contribution >= 4 is 23.5 Å². The molecule has 0 spiro atoms. The van der Waals surface area contributed by atoms with Crippen molar-refractivity contribution in [2.24, 2.45) is 5.10 Å². The summed E-state index contributed by atoms with van der Waals surface area (Å²) < 4.78 is 5.47. The second kappa shape index (κ2) is 9.68. The Morgan fingerprint density at radius 3 is 2.72 bits per heavy atom. The highest BCUT2D eigenvalue weighted by Gasteiger charge is 2.15. The molecule has 0 unspecified atom stereocenters. The third-order valence-electron chi connectivity index (χ3n) is 4.87. The lowest BCUT2D eigenvalue weighted by molar-refractivity contribution is -0.385. The molecule has 1 fully saturated rings. The largest absolute Gasteiger partial charge is 0.496 e. The van der Waals surface area contributed by atoms with E-state index in [-0.39, 0.29) is 12.1 Å². The monoisotopic (exact) mass is 396 g/mol. The molecule has 0 aromatic heterocycles. The van der Waals surface area contributed by atoms with Crippen molar-refractivity contribution in [2.45, 2.75) is 25.7 Å². The molecule has 1 aliphatic heterocycles. The first-order valence-corrected chi connectivity index (χ1v) is 9.55. The number of nitro groups is 1. The molecular formula is C21H24N4O4. The Morgan fingerprint density at radius 2 is 2.00 bits per heavy atom. The number of methoxy groups -OCH3 is 1. The number of hydrazone groups is 1. The summed E-state index contributed by atoms with van der Waals surface area (Å²) in [6, 6.07) is 12.1. The number of amides is 1. The first-order valence-electron chi connectivity index (χ1n) is 9.55. The fourth-order valence-corrected chi connectivity index (χ4v) is 3.38. The van der Waals surface area contributed by atoms with Crippen LogP contribution in [0.25, 0.3) is 0 Å². The van der Waals surface area contributed by atoms with Gasteiger partial charge in [0.15, 0.2) is 0 Å². The zero-order chi connectivity index (χ0) is 20.6. The first kappa shape index (κ1) is 20.3. The second-order valence-corrected chi connectivity index (χ2v) is 6.83. The van der Waals surface area contributed by atoms with E-state index in [1.165, 1.54) is 31.5 Å². The number of ether oxygens (including phenoxy) is 1. The van der Waals surface area contributed by atoms with Gasteiger partial charge in [0.25, 0.3) is 5.69 Å².